The Bertz CT molecular complexity index is 435. The minimum Gasteiger partial charge on any atom is -0.316 e. The average molecular weight is 288 g/mol. The molecule has 0 spiro atoms. The van der Waals surface area contributed by atoms with Crippen LogP contribution in [-0.2, 0) is 0 Å². The highest BCUT2D eigenvalue weighted by Crippen LogP contribution is 2.25. The van der Waals surface area contributed by atoms with Crippen molar-refractivity contribution in [2.45, 2.75) is 53.0 Å². The molecule has 1 aliphatic rings. The highest BCUT2D eigenvalue weighted by atomic mass is 15.2. The van der Waals surface area contributed by atoms with E-state index >= 15 is 0 Å². The number of benzene rings is 1. The van der Waals surface area contributed by atoms with Crippen LogP contribution in [0.25, 0.3) is 0 Å². The minimum absolute atomic E-state index is 0.520. The van der Waals surface area contributed by atoms with Crippen molar-refractivity contribution in [2.24, 2.45) is 5.92 Å². The zero-order valence-electron chi connectivity index (χ0n) is 14.3. The van der Waals surface area contributed by atoms with E-state index in [4.69, 9.17) is 0 Å². The van der Waals surface area contributed by atoms with Crippen LogP contribution in [0.2, 0.25) is 0 Å². The summed E-state index contributed by atoms with van der Waals surface area (Å²) >= 11 is 0. The lowest BCUT2D eigenvalue weighted by atomic mass is 9.96. The molecule has 118 valence electrons. The van der Waals surface area contributed by atoms with E-state index in [0.717, 1.165) is 5.92 Å². The molecule has 0 aromatic heterocycles. The van der Waals surface area contributed by atoms with Crippen molar-refractivity contribution in [1.82, 2.24) is 10.2 Å². The van der Waals surface area contributed by atoms with E-state index in [1.807, 2.05) is 0 Å². The Morgan fingerprint density at radius 3 is 2.71 bits per heavy atom. The van der Waals surface area contributed by atoms with Gasteiger partial charge < -0.3 is 5.32 Å². The molecule has 1 N–H and O–H groups in total. The molecule has 1 aromatic carbocycles. The van der Waals surface area contributed by atoms with Gasteiger partial charge in [-0.3, -0.25) is 4.90 Å². The van der Waals surface area contributed by atoms with Crippen LogP contribution in [0.4, 0.5) is 0 Å². The lowest BCUT2D eigenvalue weighted by molar-refractivity contribution is 0.163. The third kappa shape index (κ3) is 4.55. The van der Waals surface area contributed by atoms with Gasteiger partial charge in [0.2, 0.25) is 0 Å². The van der Waals surface area contributed by atoms with Gasteiger partial charge >= 0.3 is 0 Å². The number of rotatable bonds is 6. The first-order chi connectivity index (χ1) is 10.1. The predicted molar refractivity (Wildman–Crippen MR) is 91.8 cm³/mol. The van der Waals surface area contributed by atoms with Crippen molar-refractivity contribution in [2.75, 3.05) is 26.2 Å². The number of nitrogens with one attached hydrogen (secondary N) is 1. The summed E-state index contributed by atoms with van der Waals surface area (Å²) in [6.07, 6.45) is 3.95. The molecule has 0 radical (unpaired) electrons. The normalized spacial score (nSPS) is 20.7. The number of hydrogen-bond donors (Lipinski definition) is 1. The molecule has 2 nitrogen and oxygen atoms in total. The summed E-state index contributed by atoms with van der Waals surface area (Å²) in [5.41, 5.74) is 4.27. The highest BCUT2D eigenvalue weighted by molar-refractivity contribution is 5.31. The summed E-state index contributed by atoms with van der Waals surface area (Å²) < 4.78 is 0. The molecule has 0 amide bonds. The van der Waals surface area contributed by atoms with Crippen LogP contribution < -0.4 is 5.32 Å². The van der Waals surface area contributed by atoms with Gasteiger partial charge in [0.05, 0.1) is 0 Å². The number of hydrogen-bond acceptors (Lipinski definition) is 2. The van der Waals surface area contributed by atoms with E-state index < -0.39 is 0 Å². The molecular formula is C19H32N2. The standard InChI is InChI=1S/C19H32N2/c1-5-11-21(14-18-7-6-10-20-13-18)17(4)19-9-8-15(2)16(3)12-19/h8-9,12,17-18,20H,5-7,10-11,13-14H2,1-4H3. The van der Waals surface area contributed by atoms with Crippen molar-refractivity contribution in [3.8, 4) is 0 Å². The zero-order valence-corrected chi connectivity index (χ0v) is 14.3. The van der Waals surface area contributed by atoms with Gasteiger partial charge in [0.25, 0.3) is 0 Å². The van der Waals surface area contributed by atoms with Crippen LogP contribution in [-0.4, -0.2) is 31.1 Å². The first-order valence-electron chi connectivity index (χ1n) is 8.63. The predicted octanol–water partition coefficient (Wildman–Crippen LogP) is 4.08. The fourth-order valence-corrected chi connectivity index (χ4v) is 3.38. The molecule has 2 atom stereocenters. The van der Waals surface area contributed by atoms with E-state index in [2.05, 4.69) is 56.1 Å². The van der Waals surface area contributed by atoms with Gasteiger partial charge in [-0.15, -0.1) is 0 Å². The summed E-state index contributed by atoms with van der Waals surface area (Å²) in [7, 11) is 0. The summed E-state index contributed by atoms with van der Waals surface area (Å²) in [6.45, 7) is 13.9. The molecule has 2 unspecified atom stereocenters. The van der Waals surface area contributed by atoms with Crippen LogP contribution in [0, 0.1) is 19.8 Å². The zero-order chi connectivity index (χ0) is 15.2. The van der Waals surface area contributed by atoms with Gasteiger partial charge in [0.15, 0.2) is 0 Å². The van der Waals surface area contributed by atoms with E-state index in [0.29, 0.717) is 6.04 Å². The number of nitrogens with zero attached hydrogens (tertiary/aromatic N) is 1. The van der Waals surface area contributed by atoms with Crippen molar-refractivity contribution in [3.63, 3.8) is 0 Å². The fraction of sp³-hybridized carbons (Fsp3) is 0.684. The molecule has 1 saturated heterocycles. The second-order valence-corrected chi connectivity index (χ2v) is 6.73. The highest BCUT2D eigenvalue weighted by Gasteiger charge is 2.21. The third-order valence-corrected chi connectivity index (χ3v) is 4.96. The molecule has 21 heavy (non-hydrogen) atoms. The van der Waals surface area contributed by atoms with Gasteiger partial charge in [0, 0.05) is 12.6 Å². The molecule has 0 saturated carbocycles. The molecule has 1 heterocycles. The summed E-state index contributed by atoms with van der Waals surface area (Å²) in [5, 5.41) is 3.55. The van der Waals surface area contributed by atoms with E-state index in [-0.39, 0.29) is 0 Å². The summed E-state index contributed by atoms with van der Waals surface area (Å²) in [5.74, 6) is 0.819. The Kier molecular flexibility index (Phi) is 6.25. The first-order valence-corrected chi connectivity index (χ1v) is 8.63. The maximum Gasteiger partial charge on any atom is 0.0320 e. The van der Waals surface area contributed by atoms with Gasteiger partial charge in [0.1, 0.15) is 0 Å². The van der Waals surface area contributed by atoms with Gasteiger partial charge in [-0.05, 0) is 82.3 Å². The minimum atomic E-state index is 0.520. The summed E-state index contributed by atoms with van der Waals surface area (Å²) in [4.78, 5) is 2.68. The monoisotopic (exact) mass is 288 g/mol. The van der Waals surface area contributed by atoms with Crippen molar-refractivity contribution in [3.05, 3.63) is 34.9 Å². The van der Waals surface area contributed by atoms with E-state index in [9.17, 15) is 0 Å². The van der Waals surface area contributed by atoms with Crippen LogP contribution in [0.3, 0.4) is 0 Å². The SMILES string of the molecule is CCCN(CC1CCCNC1)C(C)c1ccc(C)c(C)c1. The lowest BCUT2D eigenvalue weighted by Gasteiger charge is -2.34. The molecule has 1 fully saturated rings. The molecular weight excluding hydrogens is 256 g/mol. The maximum absolute atomic E-state index is 3.55. The number of aryl methyl sites for hydroxylation is 2. The smallest absolute Gasteiger partial charge is 0.0320 e. The van der Waals surface area contributed by atoms with Crippen LogP contribution in [0.15, 0.2) is 18.2 Å². The molecule has 2 rings (SSSR count). The van der Waals surface area contributed by atoms with Crippen molar-refractivity contribution < 1.29 is 0 Å². The lowest BCUT2D eigenvalue weighted by Crippen LogP contribution is -2.39. The largest absolute Gasteiger partial charge is 0.316 e. The molecule has 0 aliphatic carbocycles. The van der Waals surface area contributed by atoms with Gasteiger partial charge in [-0.2, -0.15) is 0 Å². The third-order valence-electron chi connectivity index (χ3n) is 4.96. The van der Waals surface area contributed by atoms with E-state index in [1.165, 1.54) is 62.1 Å². The second-order valence-electron chi connectivity index (χ2n) is 6.73. The maximum atomic E-state index is 3.55. The summed E-state index contributed by atoms with van der Waals surface area (Å²) in [6, 6.07) is 7.48. The first kappa shape index (κ1) is 16.5. The Hall–Kier alpha value is -0.860. The quantitative estimate of drug-likeness (QED) is 0.848. The molecule has 2 heteroatoms. The average Bonchev–Trinajstić information content (AvgIpc) is 2.50. The Morgan fingerprint density at radius 1 is 1.29 bits per heavy atom. The Morgan fingerprint density at radius 2 is 2.10 bits per heavy atom. The molecule has 0 bridgehead atoms. The molecule has 1 aromatic rings. The fourth-order valence-electron chi connectivity index (χ4n) is 3.38. The number of piperidine rings is 1. The Labute approximate surface area is 130 Å². The van der Waals surface area contributed by atoms with Crippen molar-refractivity contribution in [1.29, 1.82) is 0 Å². The second kappa shape index (κ2) is 7.95. The van der Waals surface area contributed by atoms with Crippen LogP contribution in [0.5, 0.6) is 0 Å². The van der Waals surface area contributed by atoms with Crippen LogP contribution >= 0.6 is 0 Å². The van der Waals surface area contributed by atoms with Crippen LogP contribution in [0.1, 0.15) is 55.8 Å². The van der Waals surface area contributed by atoms with E-state index in [1.54, 1.807) is 0 Å². The molecule has 1 aliphatic heterocycles. The van der Waals surface area contributed by atoms with Crippen molar-refractivity contribution >= 4 is 0 Å². The van der Waals surface area contributed by atoms with Gasteiger partial charge in [-0.25, -0.2) is 0 Å². The topological polar surface area (TPSA) is 15.3 Å². The van der Waals surface area contributed by atoms with Gasteiger partial charge in [-0.1, -0.05) is 25.1 Å². The Balaban J connectivity index is 2.06.